The maximum absolute atomic E-state index is 13.0. The molecule has 2 heterocycles. The summed E-state index contributed by atoms with van der Waals surface area (Å²) in [6.45, 7) is 2.02. The van der Waals surface area contributed by atoms with Crippen molar-refractivity contribution in [3.05, 3.63) is 78.8 Å². The van der Waals surface area contributed by atoms with E-state index in [0.717, 1.165) is 27.5 Å². The van der Waals surface area contributed by atoms with Crippen LogP contribution >= 0.6 is 0 Å². The maximum Gasteiger partial charge on any atom is 0.241 e. The van der Waals surface area contributed by atoms with Crippen molar-refractivity contribution >= 4 is 39.8 Å². The van der Waals surface area contributed by atoms with Gasteiger partial charge in [0, 0.05) is 40.9 Å². The standard InChI is InChI=1S/C26H23N5O2/c1-16-7-10-28-14-20(16)17-11-18-13-23(29-15-21(18)22(27)12-17)31-25(33)26(8-9-26)24(32)30-19-5-3-2-4-6-19/h2-7,10-15H,8-9,27H2,1H3,(H,30,32)(H,29,31,33). The summed E-state index contributed by atoms with van der Waals surface area (Å²) in [6, 6.07) is 16.8. The van der Waals surface area contributed by atoms with Gasteiger partial charge in [-0.3, -0.25) is 14.6 Å². The molecule has 1 aliphatic rings. The number of fused-ring (bicyclic) bond motifs is 1. The van der Waals surface area contributed by atoms with Crippen molar-refractivity contribution in [1.29, 1.82) is 0 Å². The lowest BCUT2D eigenvalue weighted by molar-refractivity contribution is -0.131. The molecule has 1 fully saturated rings. The van der Waals surface area contributed by atoms with E-state index in [0.29, 0.717) is 30.0 Å². The monoisotopic (exact) mass is 437 g/mol. The smallest absolute Gasteiger partial charge is 0.241 e. The molecule has 33 heavy (non-hydrogen) atoms. The lowest BCUT2D eigenvalue weighted by atomic mass is 9.99. The number of amides is 2. The van der Waals surface area contributed by atoms with E-state index in [2.05, 4.69) is 20.6 Å². The van der Waals surface area contributed by atoms with Gasteiger partial charge in [-0.25, -0.2) is 4.98 Å². The Kier molecular flexibility index (Phi) is 5.01. The molecule has 0 radical (unpaired) electrons. The van der Waals surface area contributed by atoms with E-state index < -0.39 is 5.41 Å². The quantitative estimate of drug-likeness (QED) is 0.314. The number of hydrogen-bond donors (Lipinski definition) is 3. The number of para-hydroxylation sites is 1. The second-order valence-corrected chi connectivity index (χ2v) is 8.40. The fraction of sp³-hybridized carbons (Fsp3) is 0.154. The Morgan fingerprint density at radius 2 is 1.73 bits per heavy atom. The van der Waals surface area contributed by atoms with Crippen LogP contribution in [0.3, 0.4) is 0 Å². The third kappa shape index (κ3) is 3.89. The number of nitrogens with zero attached hydrogens (tertiary/aromatic N) is 2. The number of carbonyl (C=O) groups is 2. The maximum atomic E-state index is 13.0. The van der Waals surface area contributed by atoms with Gasteiger partial charge in [-0.15, -0.1) is 0 Å². The zero-order chi connectivity index (χ0) is 23.0. The van der Waals surface area contributed by atoms with Gasteiger partial charge in [0.2, 0.25) is 11.8 Å². The van der Waals surface area contributed by atoms with Gasteiger partial charge in [0.05, 0.1) is 0 Å². The zero-order valence-corrected chi connectivity index (χ0v) is 18.1. The SMILES string of the molecule is Cc1ccncc1-c1cc(N)c2cnc(NC(=O)C3(C(=O)Nc4ccccc4)CC3)cc2c1. The van der Waals surface area contributed by atoms with E-state index in [4.69, 9.17) is 5.73 Å². The Hall–Kier alpha value is -4.26. The largest absolute Gasteiger partial charge is 0.398 e. The van der Waals surface area contributed by atoms with Gasteiger partial charge in [0.15, 0.2) is 0 Å². The number of pyridine rings is 2. The van der Waals surface area contributed by atoms with Gasteiger partial charge >= 0.3 is 0 Å². The van der Waals surface area contributed by atoms with Gasteiger partial charge < -0.3 is 16.4 Å². The van der Waals surface area contributed by atoms with Crippen molar-refractivity contribution in [2.75, 3.05) is 16.4 Å². The fourth-order valence-electron chi connectivity index (χ4n) is 3.97. The van der Waals surface area contributed by atoms with Gasteiger partial charge in [-0.2, -0.15) is 0 Å². The Bertz CT molecular complexity index is 1380. The highest BCUT2D eigenvalue weighted by Crippen LogP contribution is 2.47. The van der Waals surface area contributed by atoms with Crippen molar-refractivity contribution in [3.8, 4) is 11.1 Å². The Balaban J connectivity index is 1.40. The minimum Gasteiger partial charge on any atom is -0.398 e. The number of aromatic nitrogens is 2. The average molecular weight is 438 g/mol. The molecule has 4 aromatic rings. The molecule has 0 aliphatic heterocycles. The molecule has 0 spiro atoms. The van der Waals surface area contributed by atoms with Crippen LogP contribution < -0.4 is 16.4 Å². The number of nitrogen functional groups attached to an aromatic ring is 1. The predicted molar refractivity (Wildman–Crippen MR) is 129 cm³/mol. The number of benzene rings is 2. The highest BCUT2D eigenvalue weighted by Gasteiger charge is 2.56. The van der Waals surface area contributed by atoms with Crippen LogP contribution in [0.2, 0.25) is 0 Å². The summed E-state index contributed by atoms with van der Waals surface area (Å²) in [5.41, 5.74) is 9.50. The summed E-state index contributed by atoms with van der Waals surface area (Å²) in [7, 11) is 0. The normalized spacial score (nSPS) is 14.0. The van der Waals surface area contributed by atoms with E-state index in [1.54, 1.807) is 30.6 Å². The predicted octanol–water partition coefficient (Wildman–Crippen LogP) is 4.54. The first-order chi connectivity index (χ1) is 16.0. The molecule has 7 nitrogen and oxygen atoms in total. The Morgan fingerprint density at radius 1 is 0.970 bits per heavy atom. The average Bonchev–Trinajstić information content (AvgIpc) is 3.62. The zero-order valence-electron chi connectivity index (χ0n) is 18.1. The number of nitrogens with one attached hydrogen (secondary N) is 2. The van der Waals surface area contributed by atoms with Gasteiger partial charge in [-0.05, 0) is 72.7 Å². The summed E-state index contributed by atoms with van der Waals surface area (Å²) in [5.74, 6) is -0.272. The number of nitrogens with two attached hydrogens (primary N) is 1. The third-order valence-electron chi connectivity index (χ3n) is 6.11. The molecule has 7 heteroatoms. The summed E-state index contributed by atoms with van der Waals surface area (Å²) in [6.07, 6.45) is 6.21. The van der Waals surface area contributed by atoms with Crippen molar-refractivity contribution in [2.45, 2.75) is 19.8 Å². The van der Waals surface area contributed by atoms with E-state index in [9.17, 15) is 9.59 Å². The molecule has 2 amide bonds. The van der Waals surface area contributed by atoms with E-state index in [-0.39, 0.29) is 11.8 Å². The van der Waals surface area contributed by atoms with Crippen molar-refractivity contribution in [3.63, 3.8) is 0 Å². The van der Waals surface area contributed by atoms with Crippen LogP contribution in [0.4, 0.5) is 17.2 Å². The van der Waals surface area contributed by atoms with Crippen LogP contribution in [0, 0.1) is 12.3 Å². The second-order valence-electron chi connectivity index (χ2n) is 8.40. The molecule has 2 aromatic carbocycles. The first-order valence-corrected chi connectivity index (χ1v) is 10.7. The van der Waals surface area contributed by atoms with Crippen LogP contribution in [-0.4, -0.2) is 21.8 Å². The number of hydrogen-bond acceptors (Lipinski definition) is 5. The molecule has 164 valence electrons. The highest BCUT2D eigenvalue weighted by atomic mass is 16.2. The highest BCUT2D eigenvalue weighted by molar-refractivity contribution is 6.17. The molecule has 1 saturated carbocycles. The fourth-order valence-corrected chi connectivity index (χ4v) is 3.97. The molecular weight excluding hydrogens is 414 g/mol. The number of anilines is 3. The summed E-state index contributed by atoms with van der Waals surface area (Å²) in [5, 5.41) is 7.30. The van der Waals surface area contributed by atoms with E-state index in [1.165, 1.54) is 0 Å². The Morgan fingerprint density at radius 3 is 2.45 bits per heavy atom. The summed E-state index contributed by atoms with van der Waals surface area (Å²) < 4.78 is 0. The second kappa shape index (κ2) is 8.02. The molecule has 4 N–H and O–H groups in total. The molecular formula is C26H23N5O2. The van der Waals surface area contributed by atoms with Crippen LogP contribution in [-0.2, 0) is 9.59 Å². The van der Waals surface area contributed by atoms with Crippen LogP contribution in [0.5, 0.6) is 0 Å². The summed E-state index contributed by atoms with van der Waals surface area (Å²) >= 11 is 0. The van der Waals surface area contributed by atoms with Crippen molar-refractivity contribution in [1.82, 2.24) is 9.97 Å². The van der Waals surface area contributed by atoms with Crippen LogP contribution in [0.15, 0.2) is 73.2 Å². The number of carbonyl (C=O) groups excluding carboxylic acids is 2. The number of aryl methyl sites for hydroxylation is 1. The van der Waals surface area contributed by atoms with Gasteiger partial charge in [0.25, 0.3) is 0 Å². The molecule has 0 saturated heterocycles. The van der Waals surface area contributed by atoms with Gasteiger partial charge in [0.1, 0.15) is 11.2 Å². The minimum atomic E-state index is -1.07. The Labute approximate surface area is 191 Å². The molecule has 0 unspecified atom stereocenters. The first kappa shape index (κ1) is 20.6. The summed E-state index contributed by atoms with van der Waals surface area (Å²) in [4.78, 5) is 34.4. The van der Waals surface area contributed by atoms with Crippen LogP contribution in [0.25, 0.3) is 21.9 Å². The topological polar surface area (TPSA) is 110 Å². The molecule has 0 atom stereocenters. The molecule has 0 bridgehead atoms. The third-order valence-corrected chi connectivity index (χ3v) is 6.11. The molecule has 2 aromatic heterocycles. The van der Waals surface area contributed by atoms with E-state index >= 15 is 0 Å². The first-order valence-electron chi connectivity index (χ1n) is 10.7. The van der Waals surface area contributed by atoms with E-state index in [1.807, 2.05) is 49.5 Å². The lowest BCUT2D eigenvalue weighted by Gasteiger charge is -2.16. The molecule has 5 rings (SSSR count). The molecule has 1 aliphatic carbocycles. The lowest BCUT2D eigenvalue weighted by Crippen LogP contribution is -2.35. The van der Waals surface area contributed by atoms with Crippen LogP contribution in [0.1, 0.15) is 18.4 Å². The van der Waals surface area contributed by atoms with Crippen molar-refractivity contribution in [2.24, 2.45) is 5.41 Å². The number of rotatable bonds is 5. The minimum absolute atomic E-state index is 0.300. The van der Waals surface area contributed by atoms with Gasteiger partial charge in [-0.1, -0.05) is 18.2 Å². The van der Waals surface area contributed by atoms with Crippen molar-refractivity contribution < 1.29 is 9.59 Å².